The number of nitrogens with one attached hydrogen (secondary N) is 1. The summed E-state index contributed by atoms with van der Waals surface area (Å²) in [6.07, 6.45) is 1.98. The van der Waals surface area contributed by atoms with E-state index in [9.17, 15) is 14.0 Å². The van der Waals surface area contributed by atoms with E-state index in [1.807, 2.05) is 42.5 Å². The third-order valence-corrected chi connectivity index (χ3v) is 5.86. The van der Waals surface area contributed by atoms with E-state index < -0.39 is 11.8 Å². The average Bonchev–Trinajstić information content (AvgIpc) is 3.31. The Bertz CT molecular complexity index is 1320. The maximum absolute atomic E-state index is 13.3. The monoisotopic (exact) mass is 486 g/mol. The molecule has 1 heterocycles. The molecule has 0 aliphatic heterocycles. The summed E-state index contributed by atoms with van der Waals surface area (Å²) in [6.45, 7) is 0.531. The Kier molecular flexibility index (Phi) is 7.75. The molecule has 3 aromatic carbocycles. The summed E-state index contributed by atoms with van der Waals surface area (Å²) in [4.78, 5) is 25.3. The van der Waals surface area contributed by atoms with Gasteiger partial charge in [-0.2, -0.15) is 5.10 Å². The van der Waals surface area contributed by atoms with Crippen LogP contribution in [0.2, 0.25) is 0 Å². The first-order valence-electron chi connectivity index (χ1n) is 11.5. The lowest BCUT2D eigenvalue weighted by molar-refractivity contribution is -0.121. The number of nitrogens with two attached hydrogens (primary N) is 1. The van der Waals surface area contributed by atoms with Crippen molar-refractivity contribution in [3.05, 3.63) is 108 Å². The standard InChI is InChI=1S/C28H27FN4O3/c1-36-24-13-9-21(10-14-24)26-25(18-33(32-26)17-20-5-3-2-4-6-20)28(35)31-16-22(27(30)34)15-19-7-11-23(29)12-8-19/h2-14,18,22H,15-17H2,1H3,(H2,30,34)(H,31,35). The van der Waals surface area contributed by atoms with E-state index in [1.165, 1.54) is 12.1 Å². The molecule has 4 aromatic rings. The highest BCUT2D eigenvalue weighted by molar-refractivity contribution is 6.00. The van der Waals surface area contributed by atoms with E-state index in [4.69, 9.17) is 10.5 Å². The van der Waals surface area contributed by atoms with Crippen LogP contribution in [0, 0.1) is 11.7 Å². The topological polar surface area (TPSA) is 99.2 Å². The van der Waals surface area contributed by atoms with Gasteiger partial charge in [-0.25, -0.2) is 4.39 Å². The second kappa shape index (κ2) is 11.3. The molecule has 0 saturated heterocycles. The third kappa shape index (κ3) is 6.15. The third-order valence-electron chi connectivity index (χ3n) is 5.86. The van der Waals surface area contributed by atoms with Crippen LogP contribution in [0.1, 0.15) is 21.5 Å². The zero-order chi connectivity index (χ0) is 25.5. The van der Waals surface area contributed by atoms with E-state index in [2.05, 4.69) is 10.4 Å². The Morgan fingerprint density at radius 2 is 1.69 bits per heavy atom. The molecule has 3 N–H and O–H groups in total. The molecule has 0 saturated carbocycles. The van der Waals surface area contributed by atoms with Crippen LogP contribution < -0.4 is 15.8 Å². The summed E-state index contributed by atoms with van der Waals surface area (Å²) in [6, 6.07) is 22.9. The number of ether oxygens (including phenoxy) is 1. The first kappa shape index (κ1) is 24.7. The highest BCUT2D eigenvalue weighted by Crippen LogP contribution is 2.25. The molecule has 8 heteroatoms. The number of carbonyl (C=O) groups excluding carboxylic acids is 2. The molecule has 0 fully saturated rings. The van der Waals surface area contributed by atoms with Crippen molar-refractivity contribution in [1.29, 1.82) is 0 Å². The van der Waals surface area contributed by atoms with Crippen LogP contribution in [0.4, 0.5) is 4.39 Å². The second-order valence-electron chi connectivity index (χ2n) is 8.44. The van der Waals surface area contributed by atoms with Gasteiger partial charge in [-0.1, -0.05) is 42.5 Å². The van der Waals surface area contributed by atoms with Gasteiger partial charge in [0, 0.05) is 18.3 Å². The van der Waals surface area contributed by atoms with E-state index in [-0.39, 0.29) is 24.7 Å². The van der Waals surface area contributed by atoms with Gasteiger partial charge in [0.25, 0.3) is 5.91 Å². The van der Waals surface area contributed by atoms with Crippen molar-refractivity contribution < 1.29 is 18.7 Å². The number of carbonyl (C=O) groups is 2. The summed E-state index contributed by atoms with van der Waals surface area (Å²) in [5.41, 5.74) is 9.03. The number of amides is 2. The lowest BCUT2D eigenvalue weighted by atomic mass is 9.98. The fourth-order valence-electron chi connectivity index (χ4n) is 3.89. The number of nitrogens with zero attached hydrogens (tertiary/aromatic N) is 2. The molecular weight excluding hydrogens is 459 g/mol. The minimum Gasteiger partial charge on any atom is -0.497 e. The van der Waals surface area contributed by atoms with Crippen molar-refractivity contribution >= 4 is 11.8 Å². The Morgan fingerprint density at radius 1 is 1.00 bits per heavy atom. The van der Waals surface area contributed by atoms with Crippen LogP contribution in [-0.4, -0.2) is 35.2 Å². The fourth-order valence-corrected chi connectivity index (χ4v) is 3.89. The number of aromatic nitrogens is 2. The highest BCUT2D eigenvalue weighted by Gasteiger charge is 2.22. The number of rotatable bonds is 10. The first-order chi connectivity index (χ1) is 17.4. The summed E-state index contributed by atoms with van der Waals surface area (Å²) in [7, 11) is 1.59. The molecule has 1 atom stereocenters. The molecule has 0 radical (unpaired) electrons. The van der Waals surface area contributed by atoms with Crippen molar-refractivity contribution in [3.63, 3.8) is 0 Å². The van der Waals surface area contributed by atoms with Crippen molar-refractivity contribution in [2.24, 2.45) is 11.7 Å². The molecule has 0 aliphatic carbocycles. The van der Waals surface area contributed by atoms with E-state index in [0.29, 0.717) is 23.6 Å². The zero-order valence-electron chi connectivity index (χ0n) is 19.9. The van der Waals surface area contributed by atoms with Crippen LogP contribution in [0.15, 0.2) is 85.1 Å². The molecule has 1 unspecified atom stereocenters. The fraction of sp³-hybridized carbons (Fsp3) is 0.179. The maximum atomic E-state index is 13.3. The molecule has 0 aliphatic rings. The van der Waals surface area contributed by atoms with Crippen molar-refractivity contribution in [1.82, 2.24) is 15.1 Å². The largest absolute Gasteiger partial charge is 0.497 e. The number of primary amides is 1. The second-order valence-corrected chi connectivity index (χ2v) is 8.44. The summed E-state index contributed by atoms with van der Waals surface area (Å²) < 4.78 is 20.2. The zero-order valence-corrected chi connectivity index (χ0v) is 19.9. The number of hydrogen-bond acceptors (Lipinski definition) is 4. The van der Waals surface area contributed by atoms with Gasteiger partial charge in [0.1, 0.15) is 17.3 Å². The molecule has 184 valence electrons. The molecule has 1 aromatic heterocycles. The normalized spacial score (nSPS) is 11.6. The molecule has 0 spiro atoms. The summed E-state index contributed by atoms with van der Waals surface area (Å²) in [5.74, 6) is -1.23. The van der Waals surface area contributed by atoms with E-state index in [0.717, 1.165) is 16.7 Å². The molecule has 36 heavy (non-hydrogen) atoms. The minimum absolute atomic E-state index is 0.0391. The molecule has 0 bridgehead atoms. The Balaban J connectivity index is 1.56. The minimum atomic E-state index is -0.650. The van der Waals surface area contributed by atoms with Crippen LogP contribution in [-0.2, 0) is 17.8 Å². The van der Waals surface area contributed by atoms with Gasteiger partial charge in [-0.3, -0.25) is 14.3 Å². The van der Waals surface area contributed by atoms with Crippen LogP contribution in [0.5, 0.6) is 5.75 Å². The van der Waals surface area contributed by atoms with Crippen molar-refractivity contribution in [2.75, 3.05) is 13.7 Å². The van der Waals surface area contributed by atoms with Crippen LogP contribution >= 0.6 is 0 Å². The van der Waals surface area contributed by atoms with Gasteiger partial charge in [0.15, 0.2) is 0 Å². The molecule has 7 nitrogen and oxygen atoms in total. The van der Waals surface area contributed by atoms with Gasteiger partial charge < -0.3 is 15.8 Å². The van der Waals surface area contributed by atoms with Gasteiger partial charge in [0.2, 0.25) is 5.91 Å². The van der Waals surface area contributed by atoms with Crippen molar-refractivity contribution in [2.45, 2.75) is 13.0 Å². The van der Waals surface area contributed by atoms with Gasteiger partial charge in [0.05, 0.1) is 25.1 Å². The smallest absolute Gasteiger partial charge is 0.255 e. The predicted octanol–water partition coefficient (Wildman–Crippen LogP) is 3.82. The van der Waals surface area contributed by atoms with Gasteiger partial charge >= 0.3 is 0 Å². The Labute approximate surface area is 208 Å². The van der Waals surface area contributed by atoms with E-state index in [1.54, 1.807) is 42.3 Å². The molecule has 2 amide bonds. The van der Waals surface area contributed by atoms with E-state index >= 15 is 0 Å². The SMILES string of the molecule is COc1ccc(-c2nn(Cc3ccccc3)cc2C(=O)NCC(Cc2ccc(F)cc2)C(N)=O)cc1. The lowest BCUT2D eigenvalue weighted by Crippen LogP contribution is -2.37. The average molecular weight is 487 g/mol. The maximum Gasteiger partial charge on any atom is 0.255 e. The first-order valence-corrected chi connectivity index (χ1v) is 11.5. The number of benzene rings is 3. The van der Waals surface area contributed by atoms with Gasteiger partial charge in [-0.05, 0) is 53.9 Å². The Hall–Kier alpha value is -4.46. The highest BCUT2D eigenvalue weighted by atomic mass is 19.1. The summed E-state index contributed by atoms with van der Waals surface area (Å²) in [5, 5.41) is 7.51. The van der Waals surface area contributed by atoms with Gasteiger partial charge in [-0.15, -0.1) is 0 Å². The molecular formula is C28H27FN4O3. The predicted molar refractivity (Wildman–Crippen MR) is 135 cm³/mol. The number of halogens is 1. The van der Waals surface area contributed by atoms with Crippen molar-refractivity contribution in [3.8, 4) is 17.0 Å². The quantitative estimate of drug-likeness (QED) is 0.356. The molecule has 4 rings (SSSR count). The van der Waals surface area contributed by atoms with Crippen LogP contribution in [0.25, 0.3) is 11.3 Å². The van der Waals surface area contributed by atoms with Crippen LogP contribution in [0.3, 0.4) is 0 Å². The summed E-state index contributed by atoms with van der Waals surface area (Å²) >= 11 is 0. The lowest BCUT2D eigenvalue weighted by Gasteiger charge is -2.14. The number of methoxy groups -OCH3 is 1. The Morgan fingerprint density at radius 3 is 2.33 bits per heavy atom. The number of hydrogen-bond donors (Lipinski definition) is 2.